The van der Waals surface area contributed by atoms with E-state index in [0.29, 0.717) is 11.3 Å². The average Bonchev–Trinajstić information content (AvgIpc) is 2.39. The number of carbonyl (C=O) groups excluding carboxylic acids is 1. The van der Waals surface area contributed by atoms with Crippen LogP contribution in [0.25, 0.3) is 0 Å². The number of hydrogen-bond donors (Lipinski definition) is 1. The van der Waals surface area contributed by atoms with E-state index in [4.69, 9.17) is 4.74 Å². The Morgan fingerprint density at radius 3 is 2.59 bits per heavy atom. The molecule has 0 fully saturated rings. The van der Waals surface area contributed by atoms with E-state index in [1.54, 1.807) is 6.07 Å². The smallest absolute Gasteiger partial charge is 0.199 e. The molecule has 1 heterocycles. The molecular formula is C12H10N2O3. The first-order valence-corrected chi connectivity index (χ1v) is 4.89. The second kappa shape index (κ2) is 4.61. The Hall–Kier alpha value is -2.43. The largest absolute Gasteiger partial charge is 0.507 e. The fourth-order valence-electron chi connectivity index (χ4n) is 1.40. The minimum Gasteiger partial charge on any atom is -0.507 e. The van der Waals surface area contributed by atoms with E-state index in [1.807, 2.05) is 0 Å². The van der Waals surface area contributed by atoms with Crippen LogP contribution in [0.5, 0.6) is 11.5 Å². The van der Waals surface area contributed by atoms with Gasteiger partial charge < -0.3 is 9.84 Å². The van der Waals surface area contributed by atoms with Crippen molar-refractivity contribution in [1.82, 2.24) is 9.97 Å². The molecule has 0 atom stereocenters. The third-order valence-electron chi connectivity index (χ3n) is 2.27. The summed E-state index contributed by atoms with van der Waals surface area (Å²) in [6.45, 7) is 0. The van der Waals surface area contributed by atoms with Crippen LogP contribution in [-0.4, -0.2) is 28.0 Å². The molecule has 86 valence electrons. The van der Waals surface area contributed by atoms with Gasteiger partial charge in [0.05, 0.1) is 18.2 Å². The molecule has 1 aromatic carbocycles. The maximum atomic E-state index is 12.0. The lowest BCUT2D eigenvalue weighted by molar-refractivity contribution is 0.103. The predicted molar refractivity (Wildman–Crippen MR) is 60.1 cm³/mol. The second-order valence-corrected chi connectivity index (χ2v) is 3.34. The molecule has 5 heteroatoms. The van der Waals surface area contributed by atoms with Crippen LogP contribution in [0.4, 0.5) is 0 Å². The zero-order chi connectivity index (χ0) is 12.3. The van der Waals surface area contributed by atoms with E-state index in [-0.39, 0.29) is 17.1 Å². The summed E-state index contributed by atoms with van der Waals surface area (Å²) in [6, 6.07) is 4.50. The number of carbonyl (C=O) groups is 1. The van der Waals surface area contributed by atoms with Gasteiger partial charge in [0, 0.05) is 18.5 Å². The van der Waals surface area contributed by atoms with Gasteiger partial charge in [-0.2, -0.15) is 0 Å². The van der Waals surface area contributed by atoms with E-state index in [0.717, 1.165) is 0 Å². The summed E-state index contributed by atoms with van der Waals surface area (Å²) in [6.07, 6.45) is 4.14. The molecule has 0 bridgehead atoms. The number of ketones is 1. The molecule has 17 heavy (non-hydrogen) atoms. The van der Waals surface area contributed by atoms with Crippen molar-refractivity contribution in [3.8, 4) is 11.5 Å². The number of rotatable bonds is 3. The van der Waals surface area contributed by atoms with E-state index >= 15 is 0 Å². The third kappa shape index (κ3) is 2.23. The number of aromatic hydroxyl groups is 1. The van der Waals surface area contributed by atoms with Crippen molar-refractivity contribution < 1.29 is 14.6 Å². The molecule has 1 aromatic heterocycles. The number of nitrogens with zero attached hydrogens (tertiary/aromatic N) is 2. The molecule has 0 aliphatic carbocycles. The number of aromatic nitrogens is 2. The molecule has 0 unspecified atom stereocenters. The van der Waals surface area contributed by atoms with Gasteiger partial charge in [0.25, 0.3) is 0 Å². The second-order valence-electron chi connectivity index (χ2n) is 3.34. The zero-order valence-corrected chi connectivity index (χ0v) is 9.12. The van der Waals surface area contributed by atoms with Gasteiger partial charge in [-0.25, -0.2) is 9.97 Å². The minimum atomic E-state index is -0.328. The molecule has 0 saturated carbocycles. The predicted octanol–water partition coefficient (Wildman–Crippen LogP) is 1.42. The Labute approximate surface area is 97.7 Å². The van der Waals surface area contributed by atoms with Crippen molar-refractivity contribution in [2.45, 2.75) is 0 Å². The lowest BCUT2D eigenvalue weighted by Crippen LogP contribution is -2.02. The summed E-state index contributed by atoms with van der Waals surface area (Å²) in [5, 5.41) is 9.71. The average molecular weight is 230 g/mol. The SMILES string of the molecule is COc1ccc(C(=O)c2cncnc2)c(O)c1. The van der Waals surface area contributed by atoms with Crippen LogP contribution in [0.15, 0.2) is 36.9 Å². The Morgan fingerprint density at radius 1 is 1.29 bits per heavy atom. The molecule has 1 N–H and O–H groups in total. The van der Waals surface area contributed by atoms with Gasteiger partial charge in [0.1, 0.15) is 17.8 Å². The van der Waals surface area contributed by atoms with Gasteiger partial charge >= 0.3 is 0 Å². The molecule has 2 rings (SSSR count). The third-order valence-corrected chi connectivity index (χ3v) is 2.27. The van der Waals surface area contributed by atoms with Crippen LogP contribution in [0, 0.1) is 0 Å². The normalized spacial score (nSPS) is 9.94. The summed E-state index contributed by atoms with van der Waals surface area (Å²) in [4.78, 5) is 19.5. The summed E-state index contributed by atoms with van der Waals surface area (Å²) in [5.74, 6) is 0.0346. The zero-order valence-electron chi connectivity index (χ0n) is 9.12. The molecule has 0 aliphatic rings. The van der Waals surface area contributed by atoms with Gasteiger partial charge in [-0.3, -0.25) is 4.79 Å². The highest BCUT2D eigenvalue weighted by Gasteiger charge is 2.14. The Morgan fingerprint density at radius 2 is 2.00 bits per heavy atom. The lowest BCUT2D eigenvalue weighted by atomic mass is 10.1. The maximum Gasteiger partial charge on any atom is 0.199 e. The van der Waals surface area contributed by atoms with Crippen LogP contribution >= 0.6 is 0 Å². The van der Waals surface area contributed by atoms with Gasteiger partial charge in [-0.05, 0) is 12.1 Å². The molecule has 0 radical (unpaired) electrons. The lowest BCUT2D eigenvalue weighted by Gasteiger charge is -2.05. The summed E-state index contributed by atoms with van der Waals surface area (Å²) >= 11 is 0. The quantitative estimate of drug-likeness (QED) is 0.807. The van der Waals surface area contributed by atoms with Gasteiger partial charge in [-0.15, -0.1) is 0 Å². The first-order valence-electron chi connectivity index (χ1n) is 4.89. The molecule has 0 saturated heterocycles. The number of phenols is 1. The molecule has 5 nitrogen and oxygen atoms in total. The highest BCUT2D eigenvalue weighted by molar-refractivity contribution is 6.10. The van der Waals surface area contributed by atoms with Crippen LogP contribution in [0.1, 0.15) is 15.9 Å². The molecule has 2 aromatic rings. The van der Waals surface area contributed by atoms with Crippen molar-refractivity contribution in [2.75, 3.05) is 7.11 Å². The van der Waals surface area contributed by atoms with Gasteiger partial charge in [-0.1, -0.05) is 0 Å². The molecular weight excluding hydrogens is 220 g/mol. The van der Waals surface area contributed by atoms with Gasteiger partial charge in [0.15, 0.2) is 5.78 Å². The molecule has 0 aliphatic heterocycles. The number of phenolic OH excluding ortho intramolecular Hbond substituents is 1. The van der Waals surface area contributed by atoms with Crippen molar-refractivity contribution in [1.29, 1.82) is 0 Å². The van der Waals surface area contributed by atoms with Gasteiger partial charge in [0.2, 0.25) is 0 Å². The number of ether oxygens (including phenoxy) is 1. The van der Waals surface area contributed by atoms with Crippen LogP contribution in [0.3, 0.4) is 0 Å². The summed E-state index contributed by atoms with van der Waals surface area (Å²) < 4.78 is 4.94. The highest BCUT2D eigenvalue weighted by atomic mass is 16.5. The summed E-state index contributed by atoms with van der Waals surface area (Å²) in [5.41, 5.74) is 0.522. The number of benzene rings is 1. The van der Waals surface area contributed by atoms with Crippen LogP contribution in [-0.2, 0) is 0 Å². The molecule has 0 spiro atoms. The minimum absolute atomic E-state index is 0.127. The first kappa shape index (κ1) is 11.1. The van der Waals surface area contributed by atoms with E-state index in [1.165, 1.54) is 38.0 Å². The van der Waals surface area contributed by atoms with E-state index in [9.17, 15) is 9.90 Å². The Bertz CT molecular complexity index is 541. The standard InChI is InChI=1S/C12H10N2O3/c1-17-9-2-3-10(11(15)4-9)12(16)8-5-13-7-14-6-8/h2-7,15H,1H3. The van der Waals surface area contributed by atoms with Crippen molar-refractivity contribution in [3.05, 3.63) is 48.0 Å². The number of hydrogen-bond acceptors (Lipinski definition) is 5. The topological polar surface area (TPSA) is 72.3 Å². The fraction of sp³-hybridized carbons (Fsp3) is 0.0833. The highest BCUT2D eigenvalue weighted by Crippen LogP contribution is 2.25. The van der Waals surface area contributed by atoms with Crippen molar-refractivity contribution >= 4 is 5.78 Å². The molecule has 0 amide bonds. The van der Waals surface area contributed by atoms with Crippen LogP contribution < -0.4 is 4.74 Å². The Kier molecular flexibility index (Phi) is 3.00. The van der Waals surface area contributed by atoms with E-state index in [2.05, 4.69) is 9.97 Å². The monoisotopic (exact) mass is 230 g/mol. The number of methoxy groups -OCH3 is 1. The van der Waals surface area contributed by atoms with Crippen molar-refractivity contribution in [3.63, 3.8) is 0 Å². The maximum absolute atomic E-state index is 12.0. The first-order chi connectivity index (χ1) is 8.22. The van der Waals surface area contributed by atoms with E-state index < -0.39 is 0 Å². The Balaban J connectivity index is 2.38. The fourth-order valence-corrected chi connectivity index (χ4v) is 1.40. The van der Waals surface area contributed by atoms with Crippen molar-refractivity contribution in [2.24, 2.45) is 0 Å². The van der Waals surface area contributed by atoms with Crippen LogP contribution in [0.2, 0.25) is 0 Å². The summed E-state index contributed by atoms with van der Waals surface area (Å²) in [7, 11) is 1.49.